The number of likely N-dealkylation sites (tertiary alicyclic amines) is 2. The number of hydrogen-bond acceptors (Lipinski definition) is 7. The fraction of sp³-hybridized carbons (Fsp3) is 0.786. The molecule has 2 saturated heterocycles. The molecule has 4 aliphatic rings. The maximum atomic E-state index is 6.87. The van der Waals surface area contributed by atoms with E-state index in [0.717, 1.165) is 77.0 Å². The van der Waals surface area contributed by atoms with E-state index < -0.39 is 0 Å². The van der Waals surface area contributed by atoms with Crippen molar-refractivity contribution in [2.75, 3.05) is 26.2 Å². The molecule has 4 heterocycles. The molecule has 2 aromatic heterocycles. The quantitative estimate of drug-likeness (QED) is 0.627. The third kappa shape index (κ3) is 3.55. The number of nitrogens with zero attached hydrogens (tertiary/aromatic N) is 4. The van der Waals surface area contributed by atoms with Crippen LogP contribution in [0.3, 0.4) is 0 Å². The highest BCUT2D eigenvalue weighted by atomic mass is 16.5. The molecule has 0 aromatic carbocycles. The number of fused-ring (bicyclic) bond motifs is 4. The highest BCUT2D eigenvalue weighted by Crippen LogP contribution is 2.47. The molecule has 0 bridgehead atoms. The lowest BCUT2D eigenvalue weighted by molar-refractivity contribution is -0.874. The van der Waals surface area contributed by atoms with Crippen molar-refractivity contribution in [2.24, 2.45) is 11.5 Å². The Morgan fingerprint density at radius 3 is 2.14 bits per heavy atom. The molecule has 0 radical (unpaired) electrons. The second-order valence-electron chi connectivity index (χ2n) is 13.7. The van der Waals surface area contributed by atoms with Gasteiger partial charge in [-0.25, -0.2) is 4.52 Å². The van der Waals surface area contributed by atoms with E-state index >= 15 is 0 Å². The Hall–Kier alpha value is -1.74. The van der Waals surface area contributed by atoms with Crippen LogP contribution in [-0.2, 0) is 30.2 Å². The Bertz CT molecular complexity index is 1110. The highest BCUT2D eigenvalue weighted by Gasteiger charge is 2.55. The lowest BCUT2D eigenvalue weighted by Gasteiger charge is -2.46. The Labute approximate surface area is 215 Å². The maximum absolute atomic E-state index is 6.87. The summed E-state index contributed by atoms with van der Waals surface area (Å²) in [6.45, 7) is 16.7. The van der Waals surface area contributed by atoms with Crippen LogP contribution in [0.5, 0.6) is 0 Å². The van der Waals surface area contributed by atoms with Gasteiger partial charge >= 0.3 is 0 Å². The van der Waals surface area contributed by atoms with E-state index in [2.05, 4.69) is 54.3 Å². The van der Waals surface area contributed by atoms with Crippen LogP contribution in [0.1, 0.15) is 82.9 Å². The van der Waals surface area contributed by atoms with Crippen LogP contribution in [0.15, 0.2) is 21.5 Å². The monoisotopic (exact) mass is 497 g/mol. The van der Waals surface area contributed by atoms with Crippen molar-refractivity contribution in [3.05, 3.63) is 35.0 Å². The van der Waals surface area contributed by atoms with Gasteiger partial charge in [-0.05, 0) is 91.2 Å². The summed E-state index contributed by atoms with van der Waals surface area (Å²) < 4.78 is 13.9. The zero-order valence-corrected chi connectivity index (χ0v) is 22.8. The van der Waals surface area contributed by atoms with Crippen LogP contribution < -0.4 is 16.2 Å². The van der Waals surface area contributed by atoms with Crippen molar-refractivity contribution in [1.29, 1.82) is 0 Å². The van der Waals surface area contributed by atoms with Gasteiger partial charge in [-0.15, -0.1) is 0 Å². The first-order chi connectivity index (χ1) is 17.0. The normalized spacial score (nSPS) is 28.2. The lowest BCUT2D eigenvalue weighted by atomic mass is 9.71. The van der Waals surface area contributed by atoms with Gasteiger partial charge in [0.25, 0.3) is 0 Å². The van der Waals surface area contributed by atoms with Crippen LogP contribution >= 0.6 is 0 Å². The molecule has 2 spiro atoms. The zero-order valence-electron chi connectivity index (χ0n) is 22.8. The molecule has 8 heteroatoms. The molecule has 2 aliphatic carbocycles. The smallest absolute Gasteiger partial charge is 0.236 e. The predicted molar refractivity (Wildman–Crippen MR) is 138 cm³/mol. The number of nitrogens with two attached hydrogens (primary N) is 2. The second-order valence-corrected chi connectivity index (χ2v) is 13.7. The lowest BCUT2D eigenvalue weighted by Crippen LogP contribution is -2.60. The van der Waals surface area contributed by atoms with Gasteiger partial charge in [-0.2, -0.15) is 0 Å². The van der Waals surface area contributed by atoms with Crippen molar-refractivity contribution in [1.82, 2.24) is 15.0 Å². The van der Waals surface area contributed by atoms with Crippen molar-refractivity contribution in [2.45, 2.75) is 114 Å². The zero-order chi connectivity index (χ0) is 25.5. The third-order valence-corrected chi connectivity index (χ3v) is 10.5. The molecule has 0 amide bonds. The summed E-state index contributed by atoms with van der Waals surface area (Å²) >= 11 is 0. The molecule has 198 valence electrons. The van der Waals surface area contributed by atoms with E-state index in [1.807, 2.05) is 12.5 Å². The minimum Gasteiger partial charge on any atom is -0.361 e. The minimum absolute atomic E-state index is 0.0159. The Balaban J connectivity index is 1.16. The van der Waals surface area contributed by atoms with E-state index in [-0.39, 0.29) is 34.0 Å². The molecular weight excluding hydrogens is 452 g/mol. The standard InChI is InChI=1S/C28H45N6O2/c1-25(2,3)32-10-6-28(7-11-32)20-17-35-34(21(20)14-23(28)29)18-26(4,5)33-12-8-27(9-13-33)19-16-31-36-22(19)15-24(27)30/h16-17,23-24H,6-15,18,29-30H2,1-5H3/q+1/t23-,24-/m1/s1. The fourth-order valence-electron chi connectivity index (χ4n) is 7.97. The van der Waals surface area contributed by atoms with Gasteiger partial charge in [0.2, 0.25) is 12.2 Å². The minimum atomic E-state index is -0.0342. The molecule has 4 N–H and O–H groups in total. The van der Waals surface area contributed by atoms with Gasteiger partial charge in [0.15, 0.2) is 6.26 Å². The predicted octanol–water partition coefficient (Wildman–Crippen LogP) is 2.27. The van der Waals surface area contributed by atoms with Crippen molar-refractivity contribution in [3.8, 4) is 0 Å². The van der Waals surface area contributed by atoms with Gasteiger partial charge in [0, 0.05) is 40.4 Å². The van der Waals surface area contributed by atoms with E-state index in [0.29, 0.717) is 0 Å². The topological polar surface area (TPSA) is 102 Å². The maximum Gasteiger partial charge on any atom is 0.236 e. The molecule has 0 saturated carbocycles. The molecule has 36 heavy (non-hydrogen) atoms. The van der Waals surface area contributed by atoms with E-state index in [4.69, 9.17) is 20.5 Å². The van der Waals surface area contributed by atoms with Crippen molar-refractivity contribution < 1.29 is 13.8 Å². The summed E-state index contributed by atoms with van der Waals surface area (Å²) in [5, 5.41) is 4.06. The average Bonchev–Trinajstić information content (AvgIpc) is 3.55. The Morgan fingerprint density at radius 2 is 1.50 bits per heavy atom. The fourth-order valence-corrected chi connectivity index (χ4v) is 7.97. The van der Waals surface area contributed by atoms with Crippen LogP contribution in [0.4, 0.5) is 0 Å². The molecular formula is C28H45N6O2+. The highest BCUT2D eigenvalue weighted by molar-refractivity contribution is 5.36. The number of hydrogen-bond donors (Lipinski definition) is 2. The number of piperidine rings is 2. The van der Waals surface area contributed by atoms with Gasteiger partial charge < -0.3 is 16.0 Å². The first kappa shape index (κ1) is 24.6. The van der Waals surface area contributed by atoms with Crippen molar-refractivity contribution >= 4 is 0 Å². The number of rotatable bonds is 3. The molecule has 2 aromatic rings. The first-order valence-electron chi connectivity index (χ1n) is 13.9. The SMILES string of the molecule is CC(C)(C)N1CCC2(CC1)c1co[n+](CC(C)(C)N3CCC4(CC3)c3cnoc3C[C@H]4N)c1C[C@H]2N. The van der Waals surface area contributed by atoms with Crippen molar-refractivity contribution in [3.63, 3.8) is 0 Å². The van der Waals surface area contributed by atoms with Gasteiger partial charge in [0.05, 0.1) is 23.7 Å². The van der Waals surface area contributed by atoms with E-state index in [1.165, 1.54) is 16.8 Å². The summed E-state index contributed by atoms with van der Waals surface area (Å²) in [6, 6.07) is 0.302. The van der Waals surface area contributed by atoms with Gasteiger partial charge in [-0.1, -0.05) is 5.16 Å². The summed E-state index contributed by atoms with van der Waals surface area (Å²) in [6.07, 6.45) is 9.98. The van der Waals surface area contributed by atoms with Crippen LogP contribution in [0, 0.1) is 0 Å². The second kappa shape index (κ2) is 8.13. The molecule has 0 unspecified atom stereocenters. The van der Waals surface area contributed by atoms with Crippen LogP contribution in [0.25, 0.3) is 0 Å². The molecule has 2 atom stereocenters. The first-order valence-corrected chi connectivity index (χ1v) is 13.9. The van der Waals surface area contributed by atoms with Gasteiger partial charge in [-0.3, -0.25) is 9.80 Å². The summed E-state index contributed by atoms with van der Waals surface area (Å²) in [5.41, 5.74) is 17.7. The third-order valence-electron chi connectivity index (χ3n) is 10.5. The van der Waals surface area contributed by atoms with Crippen LogP contribution in [-0.4, -0.2) is 64.3 Å². The number of aromatic nitrogens is 2. The summed E-state index contributed by atoms with van der Waals surface area (Å²) in [7, 11) is 0. The molecule has 2 fully saturated rings. The molecule has 8 nitrogen and oxygen atoms in total. The van der Waals surface area contributed by atoms with Gasteiger partial charge in [0.1, 0.15) is 5.76 Å². The molecule has 2 aliphatic heterocycles. The molecule has 6 rings (SSSR count). The Kier molecular flexibility index (Phi) is 5.55. The largest absolute Gasteiger partial charge is 0.361 e. The summed E-state index contributed by atoms with van der Waals surface area (Å²) in [4.78, 5) is 5.22. The van der Waals surface area contributed by atoms with Crippen LogP contribution in [0.2, 0.25) is 0 Å². The summed E-state index contributed by atoms with van der Waals surface area (Å²) in [5.74, 6) is 0.996. The van der Waals surface area contributed by atoms with E-state index in [9.17, 15) is 0 Å². The average molecular weight is 498 g/mol. The van der Waals surface area contributed by atoms with E-state index in [1.54, 1.807) is 0 Å². The Morgan fingerprint density at radius 1 is 0.917 bits per heavy atom.